The van der Waals surface area contributed by atoms with E-state index < -0.39 is 26.0 Å². The highest BCUT2D eigenvalue weighted by molar-refractivity contribution is 7.97. The second-order valence-corrected chi connectivity index (χ2v) is 10.0. The molecule has 0 N–H and O–H groups in total. The van der Waals surface area contributed by atoms with Crippen LogP contribution in [0.1, 0.15) is 27.6 Å². The van der Waals surface area contributed by atoms with Crippen LogP contribution in [0.15, 0.2) is 89.9 Å². The van der Waals surface area contributed by atoms with E-state index in [0.717, 1.165) is 16.7 Å². The largest absolute Gasteiger partial charge is 0.286 e. The van der Waals surface area contributed by atoms with Gasteiger partial charge in [0.25, 0.3) is 11.6 Å². The minimum atomic E-state index is -4.19. The van der Waals surface area contributed by atoms with Gasteiger partial charge in [0.1, 0.15) is 4.91 Å². The maximum absolute atomic E-state index is 13.6. The fourth-order valence-electron chi connectivity index (χ4n) is 4.05. The number of benzene rings is 3. The Kier molecular flexibility index (Phi) is 6.17. The number of hydrogen-bond donors (Lipinski definition) is 0. The van der Waals surface area contributed by atoms with Crippen molar-refractivity contribution in [2.45, 2.75) is 19.2 Å². The third kappa shape index (κ3) is 4.40. The third-order valence-corrected chi connectivity index (χ3v) is 7.45. The summed E-state index contributed by atoms with van der Waals surface area (Å²) in [6, 6.07) is 20.1. The van der Waals surface area contributed by atoms with Gasteiger partial charge in [-0.25, -0.2) is 8.42 Å². The number of allylic oxidation sites excluding steroid dienone is 2. The van der Waals surface area contributed by atoms with E-state index in [1.807, 2.05) is 50.2 Å². The summed E-state index contributed by atoms with van der Waals surface area (Å²) in [5, 5.41) is 9.91. The molecule has 3 aromatic carbocycles. The van der Waals surface area contributed by atoms with E-state index in [4.69, 9.17) is 0 Å². The highest BCUT2D eigenvalue weighted by atomic mass is 32.2. The van der Waals surface area contributed by atoms with Crippen LogP contribution >= 0.6 is 0 Å². The number of nitro benzene ring substituents is 1. The first-order chi connectivity index (χ1) is 16.2. The smallest absolute Gasteiger partial charge is 0.271 e. The van der Waals surface area contributed by atoms with Gasteiger partial charge in [0.2, 0.25) is 9.84 Å². The van der Waals surface area contributed by atoms with Gasteiger partial charge in [0.05, 0.1) is 4.92 Å². The molecule has 1 fully saturated rings. The minimum Gasteiger partial charge on any atom is -0.286 e. The van der Waals surface area contributed by atoms with Gasteiger partial charge in [0.15, 0.2) is 5.37 Å². The van der Waals surface area contributed by atoms with Crippen LogP contribution < -0.4 is 4.90 Å². The fourth-order valence-corrected chi connectivity index (χ4v) is 5.90. The van der Waals surface area contributed by atoms with Crippen molar-refractivity contribution >= 4 is 33.2 Å². The Balaban J connectivity index is 1.88. The van der Waals surface area contributed by atoms with Gasteiger partial charge >= 0.3 is 0 Å². The summed E-state index contributed by atoms with van der Waals surface area (Å²) in [5.74, 6) is -0.681. The molecule has 4 rings (SSSR count). The third-order valence-electron chi connectivity index (χ3n) is 5.45. The van der Waals surface area contributed by atoms with E-state index in [1.54, 1.807) is 18.2 Å². The average Bonchev–Trinajstić information content (AvgIpc) is 2.99. The molecule has 1 saturated heterocycles. The second-order valence-electron chi connectivity index (χ2n) is 8.07. The fraction of sp³-hybridized carbons (Fsp3) is 0.115. The lowest BCUT2D eigenvalue weighted by atomic mass is 10.1. The summed E-state index contributed by atoms with van der Waals surface area (Å²) >= 11 is 0. The SMILES string of the molecule is Cc1cc(C)cc(N2C(=O)/C(=C/C=C\c3ccccc3)S(=O)(=O)[C@@H]2c2cccc([N+](=O)[O-])c2)c1. The molecule has 0 saturated carbocycles. The van der Waals surface area contributed by atoms with E-state index in [1.165, 1.54) is 41.3 Å². The Morgan fingerprint density at radius 3 is 2.26 bits per heavy atom. The van der Waals surface area contributed by atoms with Crippen molar-refractivity contribution in [3.05, 3.63) is 122 Å². The highest BCUT2D eigenvalue weighted by Crippen LogP contribution is 2.43. The molecule has 0 unspecified atom stereocenters. The summed E-state index contributed by atoms with van der Waals surface area (Å²) in [6.45, 7) is 3.71. The van der Waals surface area contributed by atoms with Crippen LogP contribution in [0.2, 0.25) is 0 Å². The molecule has 34 heavy (non-hydrogen) atoms. The molecule has 0 aromatic heterocycles. The van der Waals surface area contributed by atoms with Crippen molar-refractivity contribution in [3.63, 3.8) is 0 Å². The topological polar surface area (TPSA) is 97.6 Å². The number of nitrogens with zero attached hydrogens (tertiary/aromatic N) is 2. The van der Waals surface area contributed by atoms with E-state index in [0.29, 0.717) is 5.69 Å². The first kappa shape index (κ1) is 23.1. The summed E-state index contributed by atoms with van der Waals surface area (Å²) in [5.41, 5.74) is 2.89. The van der Waals surface area contributed by atoms with Crippen LogP contribution in [-0.4, -0.2) is 19.2 Å². The van der Waals surface area contributed by atoms with E-state index in [9.17, 15) is 23.3 Å². The summed E-state index contributed by atoms with van der Waals surface area (Å²) in [7, 11) is -4.19. The number of rotatable bonds is 5. The van der Waals surface area contributed by atoms with Crippen molar-refractivity contribution in [1.82, 2.24) is 0 Å². The zero-order valence-corrected chi connectivity index (χ0v) is 19.4. The lowest BCUT2D eigenvalue weighted by Crippen LogP contribution is -2.29. The quantitative estimate of drug-likeness (QED) is 0.285. The van der Waals surface area contributed by atoms with Crippen LogP contribution in [-0.2, 0) is 14.6 Å². The Labute approximate surface area is 197 Å². The van der Waals surface area contributed by atoms with Gasteiger partial charge < -0.3 is 0 Å². The lowest BCUT2D eigenvalue weighted by molar-refractivity contribution is -0.384. The van der Waals surface area contributed by atoms with Gasteiger partial charge in [-0.15, -0.1) is 0 Å². The molecule has 7 nitrogen and oxygen atoms in total. The van der Waals surface area contributed by atoms with Crippen molar-refractivity contribution in [2.24, 2.45) is 0 Å². The van der Waals surface area contributed by atoms with Gasteiger partial charge in [0, 0.05) is 17.8 Å². The molecular formula is C26H22N2O5S. The summed E-state index contributed by atoms with van der Waals surface area (Å²) < 4.78 is 27.3. The number of anilines is 1. The Morgan fingerprint density at radius 2 is 1.62 bits per heavy atom. The van der Waals surface area contributed by atoms with Crippen LogP contribution in [0, 0.1) is 24.0 Å². The van der Waals surface area contributed by atoms with E-state index in [-0.39, 0.29) is 16.2 Å². The molecule has 8 heteroatoms. The molecular weight excluding hydrogens is 452 g/mol. The Hall–Kier alpha value is -4.04. The van der Waals surface area contributed by atoms with Gasteiger partial charge in [-0.2, -0.15) is 0 Å². The number of aryl methyl sites for hydroxylation is 2. The Morgan fingerprint density at radius 1 is 0.941 bits per heavy atom. The van der Waals surface area contributed by atoms with Gasteiger partial charge in [-0.3, -0.25) is 19.8 Å². The number of nitro groups is 1. The summed E-state index contributed by atoms with van der Waals surface area (Å²) in [4.78, 5) is 25.1. The molecule has 1 aliphatic rings. The zero-order valence-electron chi connectivity index (χ0n) is 18.6. The summed E-state index contributed by atoms with van der Waals surface area (Å²) in [6.07, 6.45) is 4.52. The molecule has 3 aromatic rings. The van der Waals surface area contributed by atoms with Crippen LogP contribution in [0.5, 0.6) is 0 Å². The number of amides is 1. The zero-order chi connectivity index (χ0) is 24.5. The molecule has 1 heterocycles. The first-order valence-corrected chi connectivity index (χ1v) is 12.1. The van der Waals surface area contributed by atoms with Crippen molar-refractivity contribution in [2.75, 3.05) is 4.90 Å². The standard InChI is InChI=1S/C26H22N2O5S/c1-18-14-19(2)16-23(15-18)27-25(29)24(13-6-10-20-8-4-3-5-9-20)34(32,33)26(27)21-11-7-12-22(17-21)28(30)31/h3-17,26H,1-2H3/b10-6-,24-13-/t26-/m1/s1. The lowest BCUT2D eigenvalue weighted by Gasteiger charge is -2.24. The average molecular weight is 475 g/mol. The predicted molar refractivity (Wildman–Crippen MR) is 132 cm³/mol. The number of hydrogen-bond acceptors (Lipinski definition) is 5. The number of carbonyl (C=O) groups is 1. The van der Waals surface area contributed by atoms with Gasteiger partial charge in [-0.1, -0.05) is 60.7 Å². The van der Waals surface area contributed by atoms with E-state index in [2.05, 4.69) is 0 Å². The first-order valence-electron chi connectivity index (χ1n) is 10.5. The molecule has 1 amide bonds. The molecule has 172 valence electrons. The normalized spacial score (nSPS) is 18.6. The number of sulfone groups is 1. The van der Waals surface area contributed by atoms with Crippen molar-refractivity contribution < 1.29 is 18.1 Å². The highest BCUT2D eigenvalue weighted by Gasteiger charge is 2.50. The molecule has 0 aliphatic carbocycles. The number of non-ortho nitro benzene ring substituents is 1. The van der Waals surface area contributed by atoms with Crippen molar-refractivity contribution in [1.29, 1.82) is 0 Å². The molecule has 1 aliphatic heterocycles. The monoisotopic (exact) mass is 474 g/mol. The molecule has 0 bridgehead atoms. The number of carbonyl (C=O) groups excluding carboxylic acids is 1. The minimum absolute atomic E-state index is 0.150. The van der Waals surface area contributed by atoms with Crippen LogP contribution in [0.4, 0.5) is 11.4 Å². The second kappa shape index (κ2) is 9.07. The van der Waals surface area contributed by atoms with E-state index >= 15 is 0 Å². The van der Waals surface area contributed by atoms with Crippen molar-refractivity contribution in [3.8, 4) is 0 Å². The molecule has 0 radical (unpaired) electrons. The molecule has 1 atom stereocenters. The maximum atomic E-state index is 13.6. The van der Waals surface area contributed by atoms with Crippen LogP contribution in [0.3, 0.4) is 0 Å². The van der Waals surface area contributed by atoms with Gasteiger partial charge in [-0.05, 0) is 54.3 Å². The maximum Gasteiger partial charge on any atom is 0.271 e. The molecule has 0 spiro atoms. The Bertz CT molecular complexity index is 1420. The van der Waals surface area contributed by atoms with Crippen LogP contribution in [0.25, 0.3) is 6.08 Å². The predicted octanol–water partition coefficient (Wildman–Crippen LogP) is 5.27.